The Morgan fingerprint density at radius 1 is 1.28 bits per heavy atom. The highest BCUT2D eigenvalue weighted by Gasteiger charge is 2.07. The Bertz CT molecular complexity index is 419. The van der Waals surface area contributed by atoms with Crippen LogP contribution in [0.25, 0.3) is 0 Å². The van der Waals surface area contributed by atoms with Crippen LogP contribution in [0.5, 0.6) is 11.5 Å². The van der Waals surface area contributed by atoms with Gasteiger partial charge in [0.05, 0.1) is 19.9 Å². The van der Waals surface area contributed by atoms with Crippen LogP contribution in [0.1, 0.15) is 13.8 Å². The van der Waals surface area contributed by atoms with E-state index in [1.807, 2.05) is 32.0 Å². The van der Waals surface area contributed by atoms with E-state index in [4.69, 9.17) is 15.3 Å². The summed E-state index contributed by atoms with van der Waals surface area (Å²) in [6.45, 7) is 3.92. The SMILES string of the molecule is COc1ccc(OC)c(NC(=NC(C)C)NN)c1. The summed E-state index contributed by atoms with van der Waals surface area (Å²) in [5, 5.41) is 3.06. The number of hydrazine groups is 1. The Morgan fingerprint density at radius 3 is 2.50 bits per heavy atom. The second-order valence-electron chi connectivity index (χ2n) is 3.91. The summed E-state index contributed by atoms with van der Waals surface area (Å²) in [6, 6.07) is 5.57. The summed E-state index contributed by atoms with van der Waals surface area (Å²) in [5.74, 6) is 7.29. The molecular weight excluding hydrogens is 232 g/mol. The maximum Gasteiger partial charge on any atom is 0.210 e. The monoisotopic (exact) mass is 252 g/mol. The van der Waals surface area contributed by atoms with Gasteiger partial charge < -0.3 is 14.8 Å². The number of nitrogens with one attached hydrogen (secondary N) is 2. The molecule has 0 atom stereocenters. The van der Waals surface area contributed by atoms with Crippen LogP contribution < -0.4 is 26.1 Å². The molecule has 0 aliphatic heterocycles. The van der Waals surface area contributed by atoms with Gasteiger partial charge >= 0.3 is 0 Å². The predicted octanol–water partition coefficient (Wildman–Crippen LogP) is 1.34. The van der Waals surface area contributed by atoms with E-state index in [0.717, 1.165) is 11.4 Å². The van der Waals surface area contributed by atoms with E-state index in [0.29, 0.717) is 11.7 Å². The van der Waals surface area contributed by atoms with Gasteiger partial charge in [0, 0.05) is 12.1 Å². The lowest BCUT2D eigenvalue weighted by molar-refractivity contribution is 0.405. The molecule has 1 aromatic rings. The quantitative estimate of drug-likeness (QED) is 0.326. The van der Waals surface area contributed by atoms with Crippen LogP contribution in [0.4, 0.5) is 5.69 Å². The maximum absolute atomic E-state index is 5.42. The zero-order valence-electron chi connectivity index (χ0n) is 11.2. The van der Waals surface area contributed by atoms with Crippen molar-refractivity contribution in [3.63, 3.8) is 0 Å². The molecule has 0 aliphatic carbocycles. The van der Waals surface area contributed by atoms with Gasteiger partial charge in [-0.25, -0.2) is 10.8 Å². The smallest absolute Gasteiger partial charge is 0.210 e. The van der Waals surface area contributed by atoms with Crippen molar-refractivity contribution in [1.82, 2.24) is 5.43 Å². The first-order valence-corrected chi connectivity index (χ1v) is 5.64. The summed E-state index contributed by atoms with van der Waals surface area (Å²) in [6.07, 6.45) is 0. The van der Waals surface area contributed by atoms with Crippen molar-refractivity contribution in [2.75, 3.05) is 19.5 Å². The lowest BCUT2D eigenvalue weighted by atomic mass is 10.2. The topological polar surface area (TPSA) is 80.9 Å². The Balaban J connectivity index is 3.00. The van der Waals surface area contributed by atoms with E-state index in [1.165, 1.54) is 0 Å². The van der Waals surface area contributed by atoms with Gasteiger partial charge in [-0.15, -0.1) is 0 Å². The van der Waals surface area contributed by atoms with Crippen molar-refractivity contribution in [1.29, 1.82) is 0 Å². The number of anilines is 1. The van der Waals surface area contributed by atoms with E-state index in [1.54, 1.807) is 14.2 Å². The number of hydrogen-bond acceptors (Lipinski definition) is 4. The second kappa shape index (κ2) is 6.70. The summed E-state index contributed by atoms with van der Waals surface area (Å²) in [7, 11) is 3.21. The molecule has 0 bridgehead atoms. The number of nitrogens with zero attached hydrogens (tertiary/aromatic N) is 1. The van der Waals surface area contributed by atoms with Crippen LogP contribution >= 0.6 is 0 Å². The molecule has 0 heterocycles. The number of guanidine groups is 1. The number of hydrogen-bond donors (Lipinski definition) is 3. The Kier molecular flexibility index (Phi) is 5.26. The molecule has 0 saturated heterocycles. The average Bonchev–Trinajstić information content (AvgIpc) is 2.37. The van der Waals surface area contributed by atoms with Crippen LogP contribution in [-0.4, -0.2) is 26.2 Å². The normalized spacial score (nSPS) is 11.3. The molecule has 0 fully saturated rings. The van der Waals surface area contributed by atoms with Crippen molar-refractivity contribution < 1.29 is 9.47 Å². The Labute approximate surface area is 107 Å². The number of rotatable bonds is 4. The highest BCUT2D eigenvalue weighted by Crippen LogP contribution is 2.28. The van der Waals surface area contributed by atoms with Gasteiger partial charge in [0.1, 0.15) is 11.5 Å². The molecule has 1 rings (SSSR count). The van der Waals surface area contributed by atoms with Crippen LogP contribution in [-0.2, 0) is 0 Å². The first kappa shape index (κ1) is 14.1. The first-order valence-electron chi connectivity index (χ1n) is 5.64. The van der Waals surface area contributed by atoms with E-state index >= 15 is 0 Å². The number of nitrogens with two attached hydrogens (primary N) is 1. The fourth-order valence-electron chi connectivity index (χ4n) is 1.40. The minimum Gasteiger partial charge on any atom is -0.497 e. The molecule has 1 aromatic carbocycles. The van der Waals surface area contributed by atoms with Gasteiger partial charge in [-0.3, -0.25) is 5.43 Å². The van der Waals surface area contributed by atoms with Gasteiger partial charge in [0.2, 0.25) is 5.96 Å². The van der Waals surface area contributed by atoms with Crippen LogP contribution in [0.3, 0.4) is 0 Å². The van der Waals surface area contributed by atoms with Crippen molar-refractivity contribution in [3.05, 3.63) is 18.2 Å². The van der Waals surface area contributed by atoms with E-state index in [9.17, 15) is 0 Å². The Hall–Kier alpha value is -1.95. The minimum atomic E-state index is 0.125. The third kappa shape index (κ3) is 3.81. The number of ether oxygens (including phenoxy) is 2. The van der Waals surface area contributed by atoms with Gasteiger partial charge in [0.15, 0.2) is 0 Å². The van der Waals surface area contributed by atoms with Crippen LogP contribution in [0.15, 0.2) is 23.2 Å². The van der Waals surface area contributed by atoms with Crippen molar-refractivity contribution in [3.8, 4) is 11.5 Å². The molecule has 4 N–H and O–H groups in total. The third-order valence-electron chi connectivity index (χ3n) is 2.18. The molecule has 100 valence electrons. The molecular formula is C12H20N4O2. The van der Waals surface area contributed by atoms with Gasteiger partial charge in [0.25, 0.3) is 0 Å². The third-order valence-corrected chi connectivity index (χ3v) is 2.18. The molecule has 0 unspecified atom stereocenters. The molecule has 0 spiro atoms. The second-order valence-corrected chi connectivity index (χ2v) is 3.91. The molecule has 0 radical (unpaired) electrons. The fourth-order valence-corrected chi connectivity index (χ4v) is 1.40. The summed E-state index contributed by atoms with van der Waals surface area (Å²) < 4.78 is 10.4. The van der Waals surface area contributed by atoms with Crippen molar-refractivity contribution >= 4 is 11.6 Å². The highest BCUT2D eigenvalue weighted by atomic mass is 16.5. The predicted molar refractivity (Wildman–Crippen MR) is 73.1 cm³/mol. The van der Waals surface area contributed by atoms with Crippen molar-refractivity contribution in [2.24, 2.45) is 10.8 Å². The zero-order valence-corrected chi connectivity index (χ0v) is 11.2. The van der Waals surface area contributed by atoms with Crippen LogP contribution in [0.2, 0.25) is 0 Å². The molecule has 6 nitrogen and oxygen atoms in total. The molecule has 6 heteroatoms. The summed E-state index contributed by atoms with van der Waals surface area (Å²) in [4.78, 5) is 4.29. The largest absolute Gasteiger partial charge is 0.497 e. The first-order chi connectivity index (χ1) is 8.60. The lowest BCUT2D eigenvalue weighted by Gasteiger charge is -2.14. The number of aliphatic imine (C=N–C) groups is 1. The van der Waals surface area contributed by atoms with Crippen molar-refractivity contribution in [2.45, 2.75) is 19.9 Å². The van der Waals surface area contributed by atoms with E-state index < -0.39 is 0 Å². The number of methoxy groups -OCH3 is 2. The standard InChI is InChI=1S/C12H20N4O2/c1-8(2)14-12(16-13)15-10-7-9(17-3)5-6-11(10)18-4/h5-8H,13H2,1-4H3,(H2,14,15,16). The summed E-state index contributed by atoms with van der Waals surface area (Å²) >= 11 is 0. The van der Waals surface area contributed by atoms with Gasteiger partial charge in [-0.1, -0.05) is 0 Å². The number of benzene rings is 1. The van der Waals surface area contributed by atoms with E-state index in [-0.39, 0.29) is 6.04 Å². The van der Waals surface area contributed by atoms with E-state index in [2.05, 4.69) is 15.7 Å². The molecule has 0 saturated carbocycles. The molecule has 18 heavy (non-hydrogen) atoms. The van der Waals surface area contributed by atoms with Crippen LogP contribution in [0, 0.1) is 0 Å². The minimum absolute atomic E-state index is 0.125. The maximum atomic E-state index is 5.42. The fraction of sp³-hybridized carbons (Fsp3) is 0.417. The summed E-state index contributed by atoms with van der Waals surface area (Å²) in [5.41, 5.74) is 3.24. The molecule has 0 aliphatic rings. The Morgan fingerprint density at radius 2 is 2.00 bits per heavy atom. The molecule has 0 aromatic heterocycles. The average molecular weight is 252 g/mol. The van der Waals surface area contributed by atoms with Gasteiger partial charge in [-0.2, -0.15) is 0 Å². The lowest BCUT2D eigenvalue weighted by Crippen LogP contribution is -2.37. The molecule has 0 amide bonds. The highest BCUT2D eigenvalue weighted by molar-refractivity contribution is 5.94. The zero-order chi connectivity index (χ0) is 13.5. The van der Waals surface area contributed by atoms with Gasteiger partial charge in [-0.05, 0) is 26.0 Å².